The average molecular weight is 177 g/mol. The second-order valence-electron chi connectivity index (χ2n) is 2.19. The van der Waals surface area contributed by atoms with Crippen molar-refractivity contribution in [2.75, 3.05) is 0 Å². The van der Waals surface area contributed by atoms with E-state index in [4.69, 9.17) is 5.53 Å². The Morgan fingerprint density at radius 2 is 2.54 bits per heavy atom. The maximum Gasteiger partial charge on any atom is 0.348 e. The summed E-state index contributed by atoms with van der Waals surface area (Å²) in [6.45, 7) is 0. The molecule has 0 fully saturated rings. The van der Waals surface area contributed by atoms with E-state index in [-0.39, 0.29) is 11.5 Å². The van der Waals surface area contributed by atoms with Gasteiger partial charge in [-0.25, -0.2) is 19.3 Å². The van der Waals surface area contributed by atoms with Crippen molar-refractivity contribution < 1.29 is 0 Å². The normalized spacial score (nSPS) is 9.85. The molecule has 0 saturated carbocycles. The summed E-state index contributed by atoms with van der Waals surface area (Å²) in [5.41, 5.74) is 8.10. The summed E-state index contributed by atoms with van der Waals surface area (Å²) in [6.07, 6.45) is 1.24. The molecule has 13 heavy (non-hydrogen) atoms. The molecular formula is C5H3N7O. The number of nitrogens with zero attached hydrogens (tertiary/aromatic N) is 6. The topological polar surface area (TPSA) is 112 Å². The largest absolute Gasteiger partial charge is 0.348 e. The van der Waals surface area contributed by atoms with Gasteiger partial charge in [-0.3, -0.25) is 0 Å². The molecule has 0 aliphatic rings. The lowest BCUT2D eigenvalue weighted by atomic mass is 10.6. The van der Waals surface area contributed by atoms with Gasteiger partial charge in [-0.2, -0.15) is 5.10 Å². The van der Waals surface area contributed by atoms with Crippen molar-refractivity contribution >= 4 is 11.5 Å². The molecule has 1 N–H and O–H groups in total. The lowest BCUT2D eigenvalue weighted by molar-refractivity contribution is 0.995. The van der Waals surface area contributed by atoms with E-state index < -0.39 is 0 Å². The summed E-state index contributed by atoms with van der Waals surface area (Å²) in [7, 11) is 0. The van der Waals surface area contributed by atoms with Crippen LogP contribution in [0.25, 0.3) is 16.1 Å². The third-order valence-corrected chi connectivity index (χ3v) is 1.44. The van der Waals surface area contributed by atoms with Crippen LogP contribution in [0.4, 0.5) is 5.82 Å². The Bertz CT molecular complexity index is 545. The van der Waals surface area contributed by atoms with Crippen molar-refractivity contribution in [3.05, 3.63) is 33.3 Å². The Kier molecular flexibility index (Phi) is 1.47. The van der Waals surface area contributed by atoms with Gasteiger partial charge in [0, 0.05) is 11.0 Å². The van der Waals surface area contributed by atoms with Gasteiger partial charge in [0.25, 0.3) is 0 Å². The van der Waals surface area contributed by atoms with E-state index in [0.29, 0.717) is 5.65 Å². The molecule has 0 unspecified atom stereocenters. The number of H-pyrrole nitrogens is 1. The number of hydrogen-bond acceptors (Lipinski definition) is 4. The first-order chi connectivity index (χ1) is 6.31. The van der Waals surface area contributed by atoms with Crippen LogP contribution in [0.2, 0.25) is 0 Å². The zero-order chi connectivity index (χ0) is 9.26. The van der Waals surface area contributed by atoms with Crippen LogP contribution in [-0.2, 0) is 0 Å². The molecule has 8 heteroatoms. The minimum Gasteiger partial charge on any atom is -0.246 e. The van der Waals surface area contributed by atoms with E-state index in [1.54, 1.807) is 0 Å². The van der Waals surface area contributed by atoms with Gasteiger partial charge in [-0.15, -0.1) is 0 Å². The minimum atomic E-state index is -0.380. The van der Waals surface area contributed by atoms with Crippen LogP contribution < -0.4 is 5.69 Å². The van der Waals surface area contributed by atoms with E-state index in [0.717, 1.165) is 0 Å². The molecule has 0 radical (unpaired) electrons. The summed E-state index contributed by atoms with van der Waals surface area (Å²) in [5, 5.41) is 9.16. The lowest BCUT2D eigenvalue weighted by Gasteiger charge is -1.89. The molecule has 2 rings (SSSR count). The Labute approximate surface area is 70.5 Å². The minimum absolute atomic E-state index is 0.175. The molecule has 0 amide bonds. The summed E-state index contributed by atoms with van der Waals surface area (Å²) in [4.78, 5) is 17.2. The van der Waals surface area contributed by atoms with E-state index in [1.165, 1.54) is 16.8 Å². The van der Waals surface area contributed by atoms with Crippen LogP contribution in [0.3, 0.4) is 0 Å². The molecule has 2 heterocycles. The third-order valence-electron chi connectivity index (χ3n) is 1.44. The van der Waals surface area contributed by atoms with Gasteiger partial charge in [-0.05, 0) is 10.6 Å². The number of hydrogen-bond donors (Lipinski definition) is 1. The van der Waals surface area contributed by atoms with Gasteiger partial charge in [0.1, 0.15) is 12.1 Å². The molecule has 64 valence electrons. The zero-order valence-corrected chi connectivity index (χ0v) is 6.25. The van der Waals surface area contributed by atoms with Crippen molar-refractivity contribution in [2.45, 2.75) is 0 Å². The second kappa shape index (κ2) is 2.61. The van der Waals surface area contributed by atoms with E-state index in [1.807, 2.05) is 0 Å². The molecule has 0 bridgehead atoms. The van der Waals surface area contributed by atoms with Gasteiger partial charge in [0.05, 0.1) is 0 Å². The summed E-state index contributed by atoms with van der Waals surface area (Å²) >= 11 is 0. The number of aromatic amines is 1. The number of fused-ring (bicyclic) bond motifs is 1. The number of aromatic nitrogens is 4. The molecule has 0 aliphatic carbocycles. The highest BCUT2D eigenvalue weighted by molar-refractivity contribution is 5.44. The molecule has 2 aromatic rings. The van der Waals surface area contributed by atoms with Crippen LogP contribution in [-0.4, -0.2) is 19.6 Å². The van der Waals surface area contributed by atoms with E-state index in [9.17, 15) is 4.79 Å². The smallest absolute Gasteiger partial charge is 0.246 e. The zero-order valence-electron chi connectivity index (χ0n) is 6.25. The van der Waals surface area contributed by atoms with Crippen LogP contribution >= 0.6 is 0 Å². The fourth-order valence-corrected chi connectivity index (χ4v) is 0.900. The van der Waals surface area contributed by atoms with Crippen molar-refractivity contribution in [1.82, 2.24) is 19.6 Å². The predicted octanol–water partition coefficient (Wildman–Crippen LogP) is 0.359. The highest BCUT2D eigenvalue weighted by atomic mass is 16.1. The first-order valence-corrected chi connectivity index (χ1v) is 3.29. The highest BCUT2D eigenvalue weighted by Crippen LogP contribution is 2.07. The maximum absolute atomic E-state index is 10.9. The maximum atomic E-state index is 10.9. The lowest BCUT2D eigenvalue weighted by Crippen LogP contribution is -2.08. The van der Waals surface area contributed by atoms with E-state index in [2.05, 4.69) is 25.2 Å². The summed E-state index contributed by atoms with van der Waals surface area (Å²) in [5.74, 6) is 0.175. The second-order valence-corrected chi connectivity index (χ2v) is 2.19. The fraction of sp³-hybridized carbons (Fsp3) is 0. The highest BCUT2D eigenvalue weighted by Gasteiger charge is 1.99. The molecule has 8 nitrogen and oxygen atoms in total. The number of azide groups is 1. The molecule has 0 spiro atoms. The van der Waals surface area contributed by atoms with Crippen LogP contribution in [0.1, 0.15) is 0 Å². The molecular weight excluding hydrogens is 174 g/mol. The standard InChI is InChI=1S/C5H3N7O/c6-11-8-3-1-4-9-10-5(13)12(4)2-7-3/h1-2H,(H,10,13). The average Bonchev–Trinajstić information content (AvgIpc) is 2.48. The third kappa shape index (κ3) is 1.10. The summed E-state index contributed by atoms with van der Waals surface area (Å²) in [6, 6.07) is 1.40. The summed E-state index contributed by atoms with van der Waals surface area (Å²) < 4.78 is 1.20. The first kappa shape index (κ1) is 7.32. The quantitative estimate of drug-likeness (QED) is 0.385. The van der Waals surface area contributed by atoms with Crippen molar-refractivity contribution in [3.63, 3.8) is 0 Å². The van der Waals surface area contributed by atoms with Crippen LogP contribution in [0.15, 0.2) is 22.3 Å². The number of rotatable bonds is 1. The fourth-order valence-electron chi connectivity index (χ4n) is 0.900. The van der Waals surface area contributed by atoms with Gasteiger partial charge in [0.2, 0.25) is 0 Å². The predicted molar refractivity (Wildman–Crippen MR) is 42.4 cm³/mol. The Morgan fingerprint density at radius 3 is 3.31 bits per heavy atom. The van der Waals surface area contributed by atoms with Gasteiger partial charge in [-0.1, -0.05) is 0 Å². The SMILES string of the molecule is [N-]=[N+]=Nc1cc2n[nH]c(=O)n2cn1. The van der Waals surface area contributed by atoms with Crippen molar-refractivity contribution in [1.29, 1.82) is 0 Å². The van der Waals surface area contributed by atoms with Crippen molar-refractivity contribution in [2.24, 2.45) is 5.11 Å². The molecule has 0 aromatic carbocycles. The van der Waals surface area contributed by atoms with Gasteiger partial charge in [0.15, 0.2) is 5.65 Å². The van der Waals surface area contributed by atoms with Crippen LogP contribution in [0, 0.1) is 0 Å². The Balaban J connectivity index is 2.76. The van der Waals surface area contributed by atoms with E-state index >= 15 is 0 Å². The molecule has 0 aliphatic heterocycles. The van der Waals surface area contributed by atoms with Crippen LogP contribution in [0.5, 0.6) is 0 Å². The molecule has 0 atom stereocenters. The Morgan fingerprint density at radius 1 is 1.69 bits per heavy atom. The van der Waals surface area contributed by atoms with Gasteiger partial charge < -0.3 is 0 Å². The Hall–Kier alpha value is -2.34. The van der Waals surface area contributed by atoms with Crippen molar-refractivity contribution in [3.8, 4) is 0 Å². The van der Waals surface area contributed by atoms with Gasteiger partial charge >= 0.3 is 5.69 Å². The first-order valence-electron chi connectivity index (χ1n) is 3.29. The molecule has 0 saturated heterocycles. The number of nitrogens with one attached hydrogen (secondary N) is 1. The monoisotopic (exact) mass is 177 g/mol. The molecule has 2 aromatic heterocycles.